The molecule has 2 nitrogen and oxygen atoms in total. The lowest BCUT2D eigenvalue weighted by Crippen LogP contribution is -1.89. The number of benzene rings is 1. The summed E-state index contributed by atoms with van der Waals surface area (Å²) in [4.78, 5) is 10.3. The van der Waals surface area contributed by atoms with Gasteiger partial charge in [-0.1, -0.05) is 29.8 Å². The van der Waals surface area contributed by atoms with Crippen LogP contribution in [0.2, 0.25) is 0 Å². The van der Waals surface area contributed by atoms with E-state index in [9.17, 15) is 4.79 Å². The molecular weight excluding hydrogens is 152 g/mol. The van der Waals surface area contributed by atoms with Crippen LogP contribution in [0.4, 0.5) is 0 Å². The Hall–Kier alpha value is -1.15. The van der Waals surface area contributed by atoms with Crippen molar-refractivity contribution in [2.24, 2.45) is 0 Å². The van der Waals surface area contributed by atoms with E-state index in [4.69, 9.17) is 4.74 Å². The van der Waals surface area contributed by atoms with Gasteiger partial charge in [-0.3, -0.25) is 0 Å². The third kappa shape index (κ3) is 1.25. The fraction of sp³-hybridized carbons (Fsp3) is 0.300. The van der Waals surface area contributed by atoms with E-state index in [-0.39, 0.29) is 12.2 Å². The number of rotatable bonds is 2. The van der Waals surface area contributed by atoms with Crippen LogP contribution in [-0.2, 0) is 9.53 Å². The highest BCUT2D eigenvalue weighted by atomic mass is 16.6. The fourth-order valence-electron chi connectivity index (χ4n) is 1.34. The molecule has 0 radical (unpaired) electrons. The largest absolute Gasteiger partial charge is 0.357 e. The number of hydrogen-bond acceptors (Lipinski definition) is 2. The van der Waals surface area contributed by atoms with Crippen molar-refractivity contribution in [1.29, 1.82) is 0 Å². The number of carbonyl (C=O) groups is 1. The maximum Gasteiger partial charge on any atom is 0.151 e. The van der Waals surface area contributed by atoms with Gasteiger partial charge in [-0.15, -0.1) is 0 Å². The van der Waals surface area contributed by atoms with Gasteiger partial charge in [-0.2, -0.15) is 0 Å². The Balaban J connectivity index is 2.19. The molecule has 0 unspecified atom stereocenters. The van der Waals surface area contributed by atoms with Crippen LogP contribution in [0.3, 0.4) is 0 Å². The van der Waals surface area contributed by atoms with Crippen molar-refractivity contribution in [3.63, 3.8) is 0 Å². The Kier molecular flexibility index (Phi) is 1.70. The summed E-state index contributed by atoms with van der Waals surface area (Å²) in [7, 11) is 0. The minimum atomic E-state index is -0.202. The van der Waals surface area contributed by atoms with Crippen LogP contribution in [0.5, 0.6) is 0 Å². The van der Waals surface area contributed by atoms with Gasteiger partial charge in [0.2, 0.25) is 0 Å². The van der Waals surface area contributed by atoms with Crippen molar-refractivity contribution in [2.75, 3.05) is 0 Å². The molecule has 2 rings (SSSR count). The maximum atomic E-state index is 10.3. The summed E-state index contributed by atoms with van der Waals surface area (Å²) in [5.41, 5.74) is 2.31. The first kappa shape index (κ1) is 7.50. The number of aldehydes is 1. The van der Waals surface area contributed by atoms with Gasteiger partial charge in [-0.25, -0.2) is 0 Å². The maximum absolute atomic E-state index is 10.3. The third-order valence-electron chi connectivity index (χ3n) is 2.03. The van der Waals surface area contributed by atoms with Crippen molar-refractivity contribution < 1.29 is 9.53 Å². The van der Waals surface area contributed by atoms with Gasteiger partial charge >= 0.3 is 0 Å². The number of ether oxygens (including phenoxy) is 1. The predicted molar refractivity (Wildman–Crippen MR) is 44.9 cm³/mol. The molecular formula is C10H10O2. The average Bonchev–Trinajstić information content (AvgIpc) is 2.83. The van der Waals surface area contributed by atoms with Crippen LogP contribution < -0.4 is 0 Å². The summed E-state index contributed by atoms with van der Waals surface area (Å²) >= 11 is 0. The van der Waals surface area contributed by atoms with Crippen molar-refractivity contribution in [3.05, 3.63) is 35.4 Å². The molecule has 0 aromatic heterocycles. The molecule has 0 bridgehead atoms. The fourth-order valence-corrected chi connectivity index (χ4v) is 1.34. The first-order chi connectivity index (χ1) is 5.81. The van der Waals surface area contributed by atoms with E-state index in [1.54, 1.807) is 0 Å². The highest BCUT2D eigenvalue weighted by Gasteiger charge is 2.39. The van der Waals surface area contributed by atoms with Crippen LogP contribution in [0.1, 0.15) is 17.2 Å². The second-order valence-electron chi connectivity index (χ2n) is 3.07. The molecule has 2 heteroatoms. The van der Waals surface area contributed by atoms with E-state index in [1.165, 1.54) is 5.56 Å². The SMILES string of the molecule is Cc1cccc([C@@H]2O[C@H]2C=O)c1. The number of carbonyl (C=O) groups excluding carboxylic acids is 1. The van der Waals surface area contributed by atoms with E-state index in [0.717, 1.165) is 11.8 Å². The van der Waals surface area contributed by atoms with Crippen molar-refractivity contribution in [1.82, 2.24) is 0 Å². The Morgan fingerprint density at radius 2 is 2.33 bits per heavy atom. The van der Waals surface area contributed by atoms with Gasteiger partial charge in [0, 0.05) is 0 Å². The zero-order valence-electron chi connectivity index (χ0n) is 6.86. The van der Waals surface area contributed by atoms with E-state index in [1.807, 2.05) is 31.2 Å². The van der Waals surface area contributed by atoms with Crippen LogP contribution in [0.15, 0.2) is 24.3 Å². The molecule has 0 aliphatic carbocycles. The van der Waals surface area contributed by atoms with Gasteiger partial charge in [0.15, 0.2) is 6.29 Å². The smallest absolute Gasteiger partial charge is 0.151 e. The van der Waals surface area contributed by atoms with Crippen LogP contribution in [0.25, 0.3) is 0 Å². The van der Waals surface area contributed by atoms with Gasteiger partial charge in [0.1, 0.15) is 12.2 Å². The quantitative estimate of drug-likeness (QED) is 0.488. The molecule has 1 aromatic rings. The molecule has 0 N–H and O–H groups in total. The molecule has 0 amide bonds. The Morgan fingerprint density at radius 3 is 2.92 bits per heavy atom. The lowest BCUT2D eigenvalue weighted by atomic mass is 10.1. The Bertz CT molecular complexity index is 306. The first-order valence-corrected chi connectivity index (χ1v) is 3.98. The average molecular weight is 162 g/mol. The van der Waals surface area contributed by atoms with Crippen molar-refractivity contribution in [3.8, 4) is 0 Å². The summed E-state index contributed by atoms with van der Waals surface area (Å²) in [5, 5.41) is 0. The first-order valence-electron chi connectivity index (χ1n) is 3.98. The summed E-state index contributed by atoms with van der Waals surface area (Å²) in [6, 6.07) is 8.05. The molecule has 1 saturated heterocycles. The summed E-state index contributed by atoms with van der Waals surface area (Å²) in [6.07, 6.45) is 0.668. The van der Waals surface area contributed by atoms with E-state index in [2.05, 4.69) is 0 Å². The second kappa shape index (κ2) is 2.72. The van der Waals surface area contributed by atoms with Gasteiger partial charge in [0.25, 0.3) is 0 Å². The minimum Gasteiger partial charge on any atom is -0.357 e. The third-order valence-corrected chi connectivity index (χ3v) is 2.03. The highest BCUT2D eigenvalue weighted by molar-refractivity contribution is 5.61. The summed E-state index contributed by atoms with van der Waals surface area (Å²) < 4.78 is 5.14. The molecule has 1 aromatic carbocycles. The van der Waals surface area contributed by atoms with Crippen LogP contribution in [-0.4, -0.2) is 12.4 Å². The molecule has 1 aliphatic heterocycles. The molecule has 0 saturated carbocycles. The molecule has 12 heavy (non-hydrogen) atoms. The molecule has 1 heterocycles. The monoisotopic (exact) mass is 162 g/mol. The molecule has 1 aliphatic rings. The van der Waals surface area contributed by atoms with Gasteiger partial charge in [-0.05, 0) is 12.5 Å². The number of aryl methyl sites for hydroxylation is 1. The zero-order chi connectivity index (χ0) is 8.55. The summed E-state index contributed by atoms with van der Waals surface area (Å²) in [5.74, 6) is 0. The standard InChI is InChI=1S/C10H10O2/c1-7-3-2-4-8(5-7)10-9(6-11)12-10/h2-6,9-10H,1H3/t9-,10-/m0/s1. The van der Waals surface area contributed by atoms with Crippen LogP contribution in [0, 0.1) is 6.92 Å². The predicted octanol–water partition coefficient (Wildman–Crippen LogP) is 1.63. The van der Waals surface area contributed by atoms with E-state index in [0.29, 0.717) is 0 Å². The molecule has 0 spiro atoms. The van der Waals surface area contributed by atoms with E-state index < -0.39 is 0 Å². The lowest BCUT2D eigenvalue weighted by molar-refractivity contribution is -0.108. The second-order valence-corrected chi connectivity index (χ2v) is 3.07. The molecule has 2 atom stereocenters. The van der Waals surface area contributed by atoms with Gasteiger partial charge in [0.05, 0.1) is 0 Å². The minimum absolute atomic E-state index is 0.0161. The topological polar surface area (TPSA) is 29.6 Å². The lowest BCUT2D eigenvalue weighted by Gasteiger charge is -1.95. The van der Waals surface area contributed by atoms with Crippen LogP contribution >= 0.6 is 0 Å². The Labute approximate surface area is 71.2 Å². The normalized spacial score (nSPS) is 26.8. The van der Waals surface area contributed by atoms with Crippen molar-refractivity contribution >= 4 is 6.29 Å². The highest BCUT2D eigenvalue weighted by Crippen LogP contribution is 2.37. The Morgan fingerprint density at radius 1 is 1.50 bits per heavy atom. The number of epoxide rings is 1. The molecule has 1 fully saturated rings. The number of hydrogen-bond donors (Lipinski definition) is 0. The van der Waals surface area contributed by atoms with Gasteiger partial charge < -0.3 is 9.53 Å². The zero-order valence-corrected chi connectivity index (χ0v) is 6.86. The summed E-state index contributed by atoms with van der Waals surface area (Å²) in [6.45, 7) is 2.03. The van der Waals surface area contributed by atoms with E-state index >= 15 is 0 Å². The molecule has 62 valence electrons. The van der Waals surface area contributed by atoms with Crippen molar-refractivity contribution in [2.45, 2.75) is 19.1 Å².